The fourth-order valence-electron chi connectivity index (χ4n) is 2.00. The zero-order valence-electron chi connectivity index (χ0n) is 12.6. The van der Waals surface area contributed by atoms with E-state index >= 15 is 0 Å². The van der Waals surface area contributed by atoms with Gasteiger partial charge in [0.25, 0.3) is 0 Å². The van der Waals surface area contributed by atoms with Crippen molar-refractivity contribution in [2.45, 2.75) is 19.5 Å². The first-order chi connectivity index (χ1) is 9.64. The molecule has 2 rings (SSSR count). The van der Waals surface area contributed by atoms with Crippen LogP contribution in [0.15, 0.2) is 42.6 Å². The second-order valence-corrected chi connectivity index (χ2v) is 4.35. The lowest BCUT2D eigenvalue weighted by atomic mass is 10.0. The van der Waals surface area contributed by atoms with Crippen LogP contribution >= 0.6 is 0 Å². The van der Waals surface area contributed by atoms with Crippen molar-refractivity contribution in [2.24, 2.45) is 7.05 Å². The number of nitrogens with zero attached hydrogens (tertiary/aromatic N) is 1. The van der Waals surface area contributed by atoms with Gasteiger partial charge in [-0.1, -0.05) is 12.1 Å². The van der Waals surface area contributed by atoms with Gasteiger partial charge in [-0.15, -0.1) is 0 Å². The minimum Gasteiger partial charge on any atom is -0.201 e. The number of rotatable bonds is 2. The molecule has 0 saturated carbocycles. The first-order valence-electron chi connectivity index (χ1n) is 6.77. The van der Waals surface area contributed by atoms with E-state index in [0.717, 1.165) is 11.3 Å². The molecule has 0 N–H and O–H groups in total. The number of hydrogen-bond donors (Lipinski definition) is 0. The molecule has 0 spiro atoms. The van der Waals surface area contributed by atoms with Crippen molar-refractivity contribution in [2.75, 3.05) is 0 Å². The van der Waals surface area contributed by atoms with Crippen LogP contribution < -0.4 is 4.57 Å². The van der Waals surface area contributed by atoms with Gasteiger partial charge in [-0.05, 0) is 30.2 Å². The van der Waals surface area contributed by atoms with E-state index in [1.54, 1.807) is 6.92 Å². The lowest BCUT2D eigenvalue weighted by molar-refractivity contribution is -0.660. The minimum absolute atomic E-state index is 0.380. The third kappa shape index (κ3) is 3.34. The van der Waals surface area contributed by atoms with Gasteiger partial charge in [-0.2, -0.15) is 13.2 Å². The average molecular weight is 268 g/mol. The number of hydrogen-bond acceptors (Lipinski definition) is 0. The van der Waals surface area contributed by atoms with Crippen molar-refractivity contribution >= 4 is 0 Å². The first-order valence-corrected chi connectivity index (χ1v) is 5.77. The first kappa shape index (κ1) is 11.0. The van der Waals surface area contributed by atoms with Crippen LogP contribution in [0, 0.1) is 6.92 Å². The van der Waals surface area contributed by atoms with Crippen LogP contribution in [-0.2, 0) is 13.4 Å². The normalized spacial score (nSPS) is 13.9. The van der Waals surface area contributed by atoms with E-state index < -0.39 is 12.5 Å². The summed E-state index contributed by atoms with van der Waals surface area (Å²) in [6.45, 7) is 1.68. The molecule has 0 bridgehead atoms. The highest BCUT2D eigenvalue weighted by molar-refractivity contribution is 5.61. The Bertz CT molecular complexity index is 666. The lowest BCUT2D eigenvalue weighted by Crippen LogP contribution is -2.30. The van der Waals surface area contributed by atoms with E-state index in [4.69, 9.17) is 2.74 Å². The fraction of sp³-hybridized carbons (Fsp3) is 0.267. The number of alkyl halides is 3. The molecule has 19 heavy (non-hydrogen) atoms. The van der Waals surface area contributed by atoms with Gasteiger partial charge in [0.15, 0.2) is 6.20 Å². The van der Waals surface area contributed by atoms with Crippen LogP contribution in [0.1, 0.15) is 13.9 Å². The van der Waals surface area contributed by atoms with Gasteiger partial charge in [0, 0.05) is 20.4 Å². The lowest BCUT2D eigenvalue weighted by Gasteiger charge is -2.09. The van der Waals surface area contributed by atoms with Gasteiger partial charge in [-0.25, -0.2) is 4.57 Å². The summed E-state index contributed by atoms with van der Waals surface area (Å²) in [6.07, 6.45) is -6.44. The fourth-order valence-corrected chi connectivity index (χ4v) is 2.00. The van der Waals surface area contributed by atoms with Crippen LogP contribution in [0.25, 0.3) is 11.3 Å². The van der Waals surface area contributed by atoms with E-state index in [0.29, 0.717) is 5.56 Å². The SMILES string of the molecule is [2H]C([2H])(c1ccc(-c2cccc[n+]2C)c(C)c1)C(F)(F)F. The molecule has 1 heterocycles. The van der Waals surface area contributed by atoms with E-state index in [2.05, 4.69) is 0 Å². The Balaban J connectivity index is 2.51. The molecule has 1 nitrogen and oxygen atoms in total. The molecule has 0 fully saturated rings. The molecule has 2 aromatic rings. The van der Waals surface area contributed by atoms with Crippen molar-refractivity contribution in [1.82, 2.24) is 0 Å². The molecule has 0 saturated heterocycles. The number of aryl methyl sites for hydroxylation is 2. The molecule has 0 amide bonds. The molecule has 0 radical (unpaired) electrons. The predicted octanol–water partition coefficient (Wildman–Crippen LogP) is 3.59. The molecule has 100 valence electrons. The number of benzene rings is 1. The summed E-state index contributed by atoms with van der Waals surface area (Å²) in [5.41, 5.74) is 1.85. The molecule has 1 aromatic heterocycles. The third-order valence-electron chi connectivity index (χ3n) is 2.84. The third-order valence-corrected chi connectivity index (χ3v) is 2.84. The average Bonchev–Trinajstić information content (AvgIpc) is 2.38. The summed E-state index contributed by atoms with van der Waals surface area (Å²) < 4.78 is 54.7. The summed E-state index contributed by atoms with van der Waals surface area (Å²) in [6, 6.07) is 9.55. The second-order valence-electron chi connectivity index (χ2n) is 4.35. The Hall–Kier alpha value is -1.84. The highest BCUT2D eigenvalue weighted by atomic mass is 19.4. The van der Waals surface area contributed by atoms with Crippen LogP contribution in [-0.4, -0.2) is 6.18 Å². The Morgan fingerprint density at radius 1 is 1.21 bits per heavy atom. The zero-order valence-corrected chi connectivity index (χ0v) is 10.6. The van der Waals surface area contributed by atoms with Crippen LogP contribution in [0.3, 0.4) is 0 Å². The van der Waals surface area contributed by atoms with Crippen LogP contribution in [0.4, 0.5) is 13.2 Å². The maximum Gasteiger partial charge on any atom is 0.393 e. The highest BCUT2D eigenvalue weighted by Crippen LogP contribution is 2.25. The van der Waals surface area contributed by atoms with Crippen LogP contribution in [0.2, 0.25) is 0 Å². The Morgan fingerprint density at radius 2 is 1.95 bits per heavy atom. The summed E-state index contributed by atoms with van der Waals surface area (Å²) in [5.74, 6) is 0. The van der Waals surface area contributed by atoms with Gasteiger partial charge in [0.2, 0.25) is 5.69 Å². The molecule has 0 atom stereocenters. The Labute approximate surface area is 113 Å². The van der Waals surface area contributed by atoms with Gasteiger partial charge in [0.1, 0.15) is 7.05 Å². The van der Waals surface area contributed by atoms with E-state index in [1.807, 2.05) is 36.0 Å². The maximum atomic E-state index is 12.8. The molecule has 0 aliphatic heterocycles. The number of aromatic nitrogens is 1. The summed E-state index contributed by atoms with van der Waals surface area (Å²) >= 11 is 0. The van der Waals surface area contributed by atoms with Gasteiger partial charge in [-0.3, -0.25) is 0 Å². The Kier molecular flexibility index (Phi) is 2.92. The second kappa shape index (κ2) is 5.03. The van der Waals surface area contributed by atoms with E-state index in [-0.39, 0.29) is 5.56 Å². The predicted molar refractivity (Wildman–Crippen MR) is 67.6 cm³/mol. The van der Waals surface area contributed by atoms with Crippen molar-refractivity contribution in [1.29, 1.82) is 0 Å². The van der Waals surface area contributed by atoms with E-state index in [9.17, 15) is 13.2 Å². The molecular weight excluding hydrogens is 251 g/mol. The Morgan fingerprint density at radius 3 is 2.53 bits per heavy atom. The molecule has 4 heteroatoms. The highest BCUT2D eigenvalue weighted by Gasteiger charge is 2.27. The standard InChI is InChI=1S/C15H15F3N/c1-11-9-12(10-15(16,17)18)6-7-13(11)14-5-3-4-8-19(14)2/h3-9H,10H2,1-2H3/q+1/i10D2. The minimum atomic E-state index is -4.93. The van der Waals surface area contributed by atoms with E-state index in [1.165, 1.54) is 18.2 Å². The molecular formula is C15H15F3N+. The van der Waals surface area contributed by atoms with Crippen molar-refractivity contribution < 1.29 is 20.5 Å². The van der Waals surface area contributed by atoms with Crippen molar-refractivity contribution in [3.8, 4) is 11.3 Å². The van der Waals surface area contributed by atoms with Crippen LogP contribution in [0.5, 0.6) is 0 Å². The van der Waals surface area contributed by atoms with Crippen molar-refractivity contribution in [3.05, 3.63) is 53.7 Å². The number of pyridine rings is 1. The monoisotopic (exact) mass is 268 g/mol. The summed E-state index contributed by atoms with van der Waals surface area (Å²) in [5, 5.41) is 0. The van der Waals surface area contributed by atoms with Gasteiger partial charge < -0.3 is 0 Å². The topological polar surface area (TPSA) is 3.88 Å². The number of halogens is 3. The summed E-state index contributed by atoms with van der Waals surface area (Å²) in [4.78, 5) is 0. The largest absolute Gasteiger partial charge is 0.393 e. The molecule has 0 aliphatic rings. The maximum absolute atomic E-state index is 12.8. The summed E-state index contributed by atoms with van der Waals surface area (Å²) in [7, 11) is 1.84. The quantitative estimate of drug-likeness (QED) is 0.733. The molecule has 0 aliphatic carbocycles. The zero-order chi connectivity index (χ0) is 15.8. The van der Waals surface area contributed by atoms with Crippen molar-refractivity contribution in [3.63, 3.8) is 0 Å². The molecule has 1 aromatic carbocycles. The van der Waals surface area contributed by atoms with Gasteiger partial charge in [0.05, 0.1) is 6.37 Å². The molecule has 0 unspecified atom stereocenters. The van der Waals surface area contributed by atoms with Gasteiger partial charge >= 0.3 is 6.18 Å². The smallest absolute Gasteiger partial charge is 0.201 e.